The minimum absolute atomic E-state index is 0.125. The van der Waals surface area contributed by atoms with Crippen LogP contribution in [0.25, 0.3) is 0 Å². The Bertz CT molecular complexity index is 1870. The molecule has 1 unspecified atom stereocenters. The van der Waals surface area contributed by atoms with Crippen molar-refractivity contribution < 1.29 is 28.6 Å². The Kier molecular flexibility index (Phi) is 60.5. The molecule has 440 valence electrons. The first-order valence-corrected chi connectivity index (χ1v) is 31.3. The second-order valence-electron chi connectivity index (χ2n) is 19.8. The van der Waals surface area contributed by atoms with Gasteiger partial charge in [0.2, 0.25) is 0 Å². The van der Waals surface area contributed by atoms with Crippen molar-refractivity contribution in [3.8, 4) is 0 Å². The fourth-order valence-electron chi connectivity index (χ4n) is 7.77. The molecule has 0 aliphatic rings. The molecule has 0 bridgehead atoms. The number of ether oxygens (including phenoxy) is 3. The second kappa shape index (κ2) is 65.0. The summed E-state index contributed by atoms with van der Waals surface area (Å²) in [6, 6.07) is 0. The van der Waals surface area contributed by atoms with Gasteiger partial charge in [-0.15, -0.1) is 0 Å². The largest absolute Gasteiger partial charge is 0.462 e. The molecule has 79 heavy (non-hydrogen) atoms. The van der Waals surface area contributed by atoms with Crippen molar-refractivity contribution in [1.29, 1.82) is 0 Å². The van der Waals surface area contributed by atoms with E-state index in [1.165, 1.54) is 25.7 Å². The zero-order chi connectivity index (χ0) is 57.1. The molecule has 1 atom stereocenters. The van der Waals surface area contributed by atoms with Crippen LogP contribution in [0.15, 0.2) is 182 Å². The standard InChI is InChI=1S/C73H112O6/c1-4-7-10-13-16-19-22-25-27-28-29-30-31-32-33-34-35-36-37-38-39-40-41-42-43-44-46-48-51-54-57-60-63-66-72(75)78-69-70(68-77-71(74)65-62-59-56-53-50-47-24-21-18-15-12-9-6-3)79-73(76)67-64-61-58-55-52-49-45-26-23-20-17-14-11-8-5-2/h7,9-10,12,16-21,25-27,29-30,32-33,35-36,38-39,41-42,44-47,50,56,59,70H,4-6,8,11,13-15,22-24,28,31,34,37,40,43,48-49,51-55,57-58,60-69H2,1-3H3/b10-7-,12-9-,19-16-,20-17-,21-18-,27-25-,30-29-,33-32-,36-35-,39-38-,42-41-,45-26-,46-44-,50-47-,59-56-. The summed E-state index contributed by atoms with van der Waals surface area (Å²) < 4.78 is 16.8. The number of hydrogen-bond donors (Lipinski definition) is 0. The van der Waals surface area contributed by atoms with Crippen LogP contribution in [0, 0.1) is 0 Å². The van der Waals surface area contributed by atoms with E-state index >= 15 is 0 Å². The van der Waals surface area contributed by atoms with E-state index in [-0.39, 0.29) is 44.0 Å². The molecule has 0 amide bonds. The van der Waals surface area contributed by atoms with Gasteiger partial charge in [0, 0.05) is 19.3 Å². The van der Waals surface area contributed by atoms with E-state index in [1.807, 2.05) is 12.2 Å². The van der Waals surface area contributed by atoms with Gasteiger partial charge in [0.1, 0.15) is 13.2 Å². The third-order valence-electron chi connectivity index (χ3n) is 12.4. The first kappa shape index (κ1) is 73.5. The van der Waals surface area contributed by atoms with Crippen LogP contribution in [0.2, 0.25) is 0 Å². The van der Waals surface area contributed by atoms with Crippen LogP contribution in [0.1, 0.15) is 239 Å². The monoisotopic (exact) mass is 1080 g/mol. The molecule has 6 heteroatoms. The molecule has 0 N–H and O–H groups in total. The molecule has 0 heterocycles. The molecule has 0 saturated heterocycles. The lowest BCUT2D eigenvalue weighted by molar-refractivity contribution is -0.166. The predicted octanol–water partition coefficient (Wildman–Crippen LogP) is 21.7. The van der Waals surface area contributed by atoms with Gasteiger partial charge in [-0.05, 0) is 148 Å². The molecule has 0 radical (unpaired) electrons. The normalized spacial score (nSPS) is 13.4. The molecule has 0 aromatic carbocycles. The van der Waals surface area contributed by atoms with E-state index in [0.29, 0.717) is 12.8 Å². The van der Waals surface area contributed by atoms with E-state index in [9.17, 15) is 14.4 Å². The molecule has 0 fully saturated rings. The number of unbranched alkanes of at least 4 members (excludes halogenated alkanes) is 13. The van der Waals surface area contributed by atoms with Crippen molar-refractivity contribution in [3.05, 3.63) is 182 Å². The Morgan fingerprint density at radius 1 is 0.266 bits per heavy atom. The SMILES string of the molecule is CC/C=C\C/C=C\C/C=C\C/C=C\C/C=C\C/C=C\C/C=C\C/C=C\C/C=C\CCCCCCCC(=O)OCC(COC(=O)CC/C=C\C/C=C\C/C=C\C/C=C\CC)OC(=O)CCCCCCC/C=C\C/C=C\CCCCC. The maximum absolute atomic E-state index is 12.9. The van der Waals surface area contributed by atoms with Gasteiger partial charge < -0.3 is 14.2 Å². The summed E-state index contributed by atoms with van der Waals surface area (Å²) in [5, 5.41) is 0. The average molecular weight is 1090 g/mol. The lowest BCUT2D eigenvalue weighted by Crippen LogP contribution is -2.30. The summed E-state index contributed by atoms with van der Waals surface area (Å²) in [7, 11) is 0. The van der Waals surface area contributed by atoms with Gasteiger partial charge in [0.05, 0.1) is 0 Å². The Labute approximate surface area is 484 Å². The van der Waals surface area contributed by atoms with Crippen molar-refractivity contribution in [2.45, 2.75) is 245 Å². The Balaban J connectivity index is 4.40. The molecule has 0 aromatic rings. The van der Waals surface area contributed by atoms with Crippen molar-refractivity contribution in [2.75, 3.05) is 13.2 Å². The second-order valence-corrected chi connectivity index (χ2v) is 19.8. The molecule has 0 aliphatic carbocycles. The molecular formula is C73H112O6. The van der Waals surface area contributed by atoms with Gasteiger partial charge in [-0.1, -0.05) is 254 Å². The van der Waals surface area contributed by atoms with Crippen LogP contribution in [0.5, 0.6) is 0 Å². The van der Waals surface area contributed by atoms with Crippen LogP contribution < -0.4 is 0 Å². The van der Waals surface area contributed by atoms with E-state index in [2.05, 4.69) is 191 Å². The van der Waals surface area contributed by atoms with Crippen LogP contribution in [-0.4, -0.2) is 37.2 Å². The number of esters is 3. The fraction of sp³-hybridized carbons (Fsp3) is 0.548. The van der Waals surface area contributed by atoms with E-state index < -0.39 is 6.10 Å². The van der Waals surface area contributed by atoms with Gasteiger partial charge in [-0.3, -0.25) is 14.4 Å². The Morgan fingerprint density at radius 3 is 0.848 bits per heavy atom. The van der Waals surface area contributed by atoms with Gasteiger partial charge >= 0.3 is 17.9 Å². The zero-order valence-electron chi connectivity index (χ0n) is 50.3. The molecule has 0 rings (SSSR count). The minimum atomic E-state index is -0.833. The van der Waals surface area contributed by atoms with E-state index in [1.54, 1.807) is 0 Å². The third kappa shape index (κ3) is 63.2. The molecule has 0 saturated carbocycles. The lowest BCUT2D eigenvalue weighted by Gasteiger charge is -2.18. The van der Waals surface area contributed by atoms with Crippen LogP contribution in [-0.2, 0) is 28.6 Å². The van der Waals surface area contributed by atoms with Gasteiger partial charge in [0.25, 0.3) is 0 Å². The fourth-order valence-corrected chi connectivity index (χ4v) is 7.77. The number of rotatable bonds is 54. The van der Waals surface area contributed by atoms with Crippen LogP contribution in [0.4, 0.5) is 0 Å². The number of allylic oxidation sites excluding steroid dienone is 30. The topological polar surface area (TPSA) is 78.9 Å². The van der Waals surface area contributed by atoms with E-state index in [0.717, 1.165) is 167 Å². The summed E-state index contributed by atoms with van der Waals surface area (Å²) in [6.07, 6.45) is 97.7. The van der Waals surface area contributed by atoms with Crippen LogP contribution in [0.3, 0.4) is 0 Å². The van der Waals surface area contributed by atoms with Crippen molar-refractivity contribution in [3.63, 3.8) is 0 Å². The summed E-state index contributed by atoms with van der Waals surface area (Å²) in [4.78, 5) is 38.2. The Hall–Kier alpha value is -5.49. The first-order chi connectivity index (χ1) is 39.0. The Morgan fingerprint density at radius 2 is 0.519 bits per heavy atom. The number of carbonyl (C=O) groups is 3. The van der Waals surface area contributed by atoms with Crippen molar-refractivity contribution in [2.24, 2.45) is 0 Å². The average Bonchev–Trinajstić information content (AvgIpc) is 3.45. The highest BCUT2D eigenvalue weighted by atomic mass is 16.6. The highest BCUT2D eigenvalue weighted by Crippen LogP contribution is 2.13. The molecule has 0 aliphatic heterocycles. The number of carbonyl (C=O) groups excluding carboxylic acids is 3. The summed E-state index contributed by atoms with van der Waals surface area (Å²) >= 11 is 0. The smallest absolute Gasteiger partial charge is 0.306 e. The molecule has 0 spiro atoms. The number of hydrogen-bond acceptors (Lipinski definition) is 6. The van der Waals surface area contributed by atoms with Crippen molar-refractivity contribution >= 4 is 17.9 Å². The lowest BCUT2D eigenvalue weighted by atomic mass is 10.1. The summed E-state index contributed by atoms with van der Waals surface area (Å²) in [5.74, 6) is -1.05. The molecular weight excluding hydrogens is 973 g/mol. The summed E-state index contributed by atoms with van der Waals surface area (Å²) in [6.45, 7) is 6.27. The zero-order valence-corrected chi connectivity index (χ0v) is 50.3. The highest BCUT2D eigenvalue weighted by Gasteiger charge is 2.19. The van der Waals surface area contributed by atoms with Gasteiger partial charge in [0.15, 0.2) is 6.10 Å². The molecule has 6 nitrogen and oxygen atoms in total. The first-order valence-electron chi connectivity index (χ1n) is 31.3. The predicted molar refractivity (Wildman–Crippen MR) is 343 cm³/mol. The van der Waals surface area contributed by atoms with E-state index in [4.69, 9.17) is 14.2 Å². The van der Waals surface area contributed by atoms with Gasteiger partial charge in [-0.25, -0.2) is 0 Å². The quantitative estimate of drug-likeness (QED) is 0.0261. The van der Waals surface area contributed by atoms with Gasteiger partial charge in [-0.2, -0.15) is 0 Å². The van der Waals surface area contributed by atoms with Crippen LogP contribution >= 0.6 is 0 Å². The molecule has 0 aromatic heterocycles. The third-order valence-corrected chi connectivity index (χ3v) is 12.4. The van der Waals surface area contributed by atoms with Crippen molar-refractivity contribution in [1.82, 2.24) is 0 Å². The highest BCUT2D eigenvalue weighted by molar-refractivity contribution is 5.71. The summed E-state index contributed by atoms with van der Waals surface area (Å²) in [5.41, 5.74) is 0. The maximum atomic E-state index is 12.9. The minimum Gasteiger partial charge on any atom is -0.462 e. The maximum Gasteiger partial charge on any atom is 0.306 e.